The fraction of sp³-hybridized carbons (Fsp3) is 0.310. The number of hydrogen-bond donors (Lipinski definition) is 1. The van der Waals surface area contributed by atoms with Gasteiger partial charge in [-0.25, -0.2) is 4.98 Å². The molecule has 3 heterocycles. The maximum atomic E-state index is 14.1. The zero-order valence-corrected chi connectivity index (χ0v) is 22.5. The van der Waals surface area contributed by atoms with Crippen molar-refractivity contribution in [1.29, 1.82) is 0 Å². The molecule has 1 fully saturated rings. The summed E-state index contributed by atoms with van der Waals surface area (Å²) in [7, 11) is 3.18. The zero-order valence-electron chi connectivity index (χ0n) is 21.6. The van der Waals surface area contributed by atoms with Gasteiger partial charge in [0.2, 0.25) is 0 Å². The molecule has 2 aromatic heterocycles. The summed E-state index contributed by atoms with van der Waals surface area (Å²) < 4.78 is 11.5. The van der Waals surface area contributed by atoms with Crippen molar-refractivity contribution in [1.82, 2.24) is 20.2 Å². The van der Waals surface area contributed by atoms with Crippen LogP contribution in [-0.2, 0) is 9.47 Å². The molecule has 5 rings (SSSR count). The summed E-state index contributed by atoms with van der Waals surface area (Å²) in [5, 5.41) is 4.75. The van der Waals surface area contributed by atoms with Crippen molar-refractivity contribution in [2.45, 2.75) is 31.6 Å². The quantitative estimate of drug-likeness (QED) is 0.349. The fourth-order valence-electron chi connectivity index (χ4n) is 4.96. The first-order valence-electron chi connectivity index (χ1n) is 12.5. The zero-order chi connectivity index (χ0) is 26.7. The predicted octanol–water partition coefficient (Wildman–Crippen LogP) is 4.69. The maximum absolute atomic E-state index is 14.1. The molecule has 1 aliphatic heterocycles. The van der Waals surface area contributed by atoms with Gasteiger partial charge in [-0.1, -0.05) is 48.5 Å². The van der Waals surface area contributed by atoms with Crippen LogP contribution in [0.3, 0.4) is 0 Å². The SMILES string of the molecule is COC1(OC)CCC(CNC(=O)c2cccc3cccnc23)N(C(=O)c2sc(C)nc2-c2ccccc2)C1. The number of carbonyl (C=O) groups is 2. The summed E-state index contributed by atoms with van der Waals surface area (Å²) in [5.41, 5.74) is 2.70. The van der Waals surface area contributed by atoms with E-state index in [9.17, 15) is 9.59 Å². The molecule has 0 saturated carbocycles. The van der Waals surface area contributed by atoms with Crippen molar-refractivity contribution in [2.75, 3.05) is 27.3 Å². The Kier molecular flexibility index (Phi) is 7.51. The molecule has 0 radical (unpaired) electrons. The second-order valence-electron chi connectivity index (χ2n) is 9.31. The van der Waals surface area contributed by atoms with E-state index in [2.05, 4.69) is 15.3 Å². The number of ether oxygens (including phenoxy) is 2. The number of nitrogens with zero attached hydrogens (tertiary/aromatic N) is 3. The number of nitrogens with one attached hydrogen (secondary N) is 1. The van der Waals surface area contributed by atoms with Gasteiger partial charge in [0.25, 0.3) is 11.8 Å². The highest BCUT2D eigenvalue weighted by molar-refractivity contribution is 7.14. The number of methoxy groups -OCH3 is 2. The number of carbonyl (C=O) groups excluding carboxylic acids is 2. The Labute approximate surface area is 225 Å². The first kappa shape index (κ1) is 26.0. The predicted molar refractivity (Wildman–Crippen MR) is 147 cm³/mol. The van der Waals surface area contributed by atoms with Gasteiger partial charge in [-0.2, -0.15) is 0 Å². The van der Waals surface area contributed by atoms with E-state index in [1.54, 1.807) is 31.4 Å². The summed E-state index contributed by atoms with van der Waals surface area (Å²) in [6.45, 7) is 2.42. The second-order valence-corrected chi connectivity index (χ2v) is 10.5. The third kappa shape index (κ3) is 5.05. The monoisotopic (exact) mass is 530 g/mol. The molecule has 38 heavy (non-hydrogen) atoms. The Balaban J connectivity index is 1.42. The van der Waals surface area contributed by atoms with Crippen LogP contribution in [0.4, 0.5) is 0 Å². The molecule has 1 N–H and O–H groups in total. The van der Waals surface area contributed by atoms with Crippen LogP contribution in [0.5, 0.6) is 0 Å². The molecule has 196 valence electrons. The van der Waals surface area contributed by atoms with Crippen LogP contribution >= 0.6 is 11.3 Å². The first-order valence-corrected chi connectivity index (χ1v) is 13.3. The Morgan fingerprint density at radius 1 is 1.08 bits per heavy atom. The molecule has 8 nitrogen and oxygen atoms in total. The Bertz CT molecular complexity index is 1450. The molecule has 0 aliphatic carbocycles. The van der Waals surface area contributed by atoms with E-state index in [0.29, 0.717) is 34.5 Å². The molecule has 4 aromatic rings. The van der Waals surface area contributed by atoms with Crippen LogP contribution in [0.15, 0.2) is 66.9 Å². The van der Waals surface area contributed by atoms with Gasteiger partial charge in [-0.05, 0) is 25.5 Å². The number of aromatic nitrogens is 2. The number of likely N-dealkylation sites (tertiary alicyclic amines) is 1. The molecule has 0 spiro atoms. The van der Waals surface area contributed by atoms with Crippen molar-refractivity contribution in [2.24, 2.45) is 0 Å². The minimum atomic E-state index is -0.914. The lowest BCUT2D eigenvalue weighted by molar-refractivity contribution is -0.232. The minimum absolute atomic E-state index is 0.154. The number of amides is 2. The fourth-order valence-corrected chi connectivity index (χ4v) is 5.86. The second kappa shape index (κ2) is 11.0. The molecule has 2 amide bonds. The van der Waals surface area contributed by atoms with Gasteiger partial charge in [-0.3, -0.25) is 14.6 Å². The lowest BCUT2D eigenvalue weighted by Gasteiger charge is -2.45. The van der Waals surface area contributed by atoms with Crippen LogP contribution in [0, 0.1) is 6.92 Å². The molecular weight excluding hydrogens is 500 g/mol. The molecule has 0 bridgehead atoms. The molecule has 1 atom stereocenters. The maximum Gasteiger partial charge on any atom is 0.266 e. The van der Waals surface area contributed by atoms with Gasteiger partial charge in [0.05, 0.1) is 28.3 Å². The van der Waals surface area contributed by atoms with Crippen molar-refractivity contribution < 1.29 is 19.1 Å². The number of benzene rings is 2. The number of rotatable bonds is 7. The smallest absolute Gasteiger partial charge is 0.266 e. The van der Waals surface area contributed by atoms with Gasteiger partial charge in [0, 0.05) is 50.4 Å². The van der Waals surface area contributed by atoms with Crippen molar-refractivity contribution in [3.63, 3.8) is 0 Å². The van der Waals surface area contributed by atoms with E-state index in [1.807, 2.05) is 61.5 Å². The van der Waals surface area contributed by atoms with Gasteiger partial charge in [0.1, 0.15) is 4.88 Å². The molecule has 1 unspecified atom stereocenters. The highest BCUT2D eigenvalue weighted by atomic mass is 32.1. The van der Waals surface area contributed by atoms with Crippen molar-refractivity contribution in [3.05, 3.63) is 82.3 Å². The van der Waals surface area contributed by atoms with Crippen molar-refractivity contribution in [3.8, 4) is 11.3 Å². The first-order chi connectivity index (χ1) is 18.4. The molecule has 1 saturated heterocycles. The number of thiazole rings is 1. The van der Waals surface area contributed by atoms with E-state index in [-0.39, 0.29) is 30.9 Å². The number of para-hydroxylation sites is 1. The Hall–Kier alpha value is -3.66. The van der Waals surface area contributed by atoms with Crippen LogP contribution in [0.25, 0.3) is 22.2 Å². The van der Waals surface area contributed by atoms with Gasteiger partial charge >= 0.3 is 0 Å². The molecule has 9 heteroatoms. The molecule has 2 aromatic carbocycles. The summed E-state index contributed by atoms with van der Waals surface area (Å²) in [5.74, 6) is -1.29. The number of fused-ring (bicyclic) bond motifs is 1. The number of aryl methyl sites for hydroxylation is 1. The number of piperidine rings is 1. The van der Waals surface area contributed by atoms with E-state index in [4.69, 9.17) is 9.47 Å². The third-order valence-electron chi connectivity index (χ3n) is 7.07. The number of hydrogen-bond acceptors (Lipinski definition) is 7. The largest absolute Gasteiger partial charge is 0.351 e. The van der Waals surface area contributed by atoms with Gasteiger partial charge in [-0.15, -0.1) is 11.3 Å². The van der Waals surface area contributed by atoms with Crippen LogP contribution in [-0.4, -0.2) is 65.8 Å². The van der Waals surface area contributed by atoms with Crippen LogP contribution in [0.2, 0.25) is 0 Å². The van der Waals surface area contributed by atoms with E-state index >= 15 is 0 Å². The lowest BCUT2D eigenvalue weighted by Crippen LogP contribution is -2.59. The number of pyridine rings is 1. The van der Waals surface area contributed by atoms with E-state index in [1.165, 1.54) is 11.3 Å². The van der Waals surface area contributed by atoms with Crippen LogP contribution < -0.4 is 5.32 Å². The van der Waals surface area contributed by atoms with E-state index < -0.39 is 5.79 Å². The highest BCUT2D eigenvalue weighted by Gasteiger charge is 2.43. The molecular formula is C29H30N4O4S. The molecule has 1 aliphatic rings. The summed E-state index contributed by atoms with van der Waals surface area (Å²) in [6, 6.07) is 18.8. The van der Waals surface area contributed by atoms with Gasteiger partial charge < -0.3 is 19.7 Å². The summed E-state index contributed by atoms with van der Waals surface area (Å²) in [6.07, 6.45) is 2.87. The summed E-state index contributed by atoms with van der Waals surface area (Å²) in [4.78, 5) is 38.7. The Morgan fingerprint density at radius 3 is 2.61 bits per heavy atom. The average Bonchev–Trinajstić information content (AvgIpc) is 3.37. The standard InChI is InChI=1S/C29H30N4O4S/c1-19-32-25(21-9-5-4-6-10-21)26(38-19)28(35)33-18-29(36-2,37-3)15-14-22(33)17-31-27(34)23-13-7-11-20-12-8-16-30-24(20)23/h4-13,16,22H,14-15,17-18H2,1-3H3,(H,31,34). The van der Waals surface area contributed by atoms with Gasteiger partial charge in [0.15, 0.2) is 5.79 Å². The topological polar surface area (TPSA) is 93.7 Å². The highest BCUT2D eigenvalue weighted by Crippen LogP contribution is 2.34. The summed E-state index contributed by atoms with van der Waals surface area (Å²) >= 11 is 1.37. The average molecular weight is 531 g/mol. The van der Waals surface area contributed by atoms with Crippen LogP contribution in [0.1, 0.15) is 37.9 Å². The minimum Gasteiger partial charge on any atom is -0.351 e. The third-order valence-corrected chi connectivity index (χ3v) is 8.03. The lowest BCUT2D eigenvalue weighted by atomic mass is 9.96. The Morgan fingerprint density at radius 2 is 1.84 bits per heavy atom. The van der Waals surface area contributed by atoms with Crippen molar-refractivity contribution >= 4 is 34.1 Å². The van der Waals surface area contributed by atoms with E-state index in [0.717, 1.165) is 16.0 Å². The normalized spacial score (nSPS) is 16.9.